The van der Waals surface area contributed by atoms with E-state index in [-0.39, 0.29) is 6.10 Å². The van der Waals surface area contributed by atoms with Crippen LogP contribution >= 0.6 is 0 Å². The molecule has 0 saturated carbocycles. The van der Waals surface area contributed by atoms with Crippen molar-refractivity contribution in [2.45, 2.75) is 57.7 Å². The van der Waals surface area contributed by atoms with Crippen LogP contribution < -0.4 is 4.74 Å². The first-order valence-electron chi connectivity index (χ1n) is 7.24. The number of hydrogen-bond acceptors (Lipinski definition) is 3. The fourth-order valence-corrected chi connectivity index (χ4v) is 2.51. The predicted molar refractivity (Wildman–Crippen MR) is 75.4 cm³/mol. The van der Waals surface area contributed by atoms with Gasteiger partial charge in [-0.3, -0.25) is 0 Å². The van der Waals surface area contributed by atoms with Crippen molar-refractivity contribution in [1.29, 1.82) is 0 Å². The van der Waals surface area contributed by atoms with E-state index >= 15 is 0 Å². The standard InChI is InChI=1S/C16H24O3/c1-3-16(18,4-2)11-19-13-9-8-12-6-5-7-15(17)14(12)10-13/h8-10,15,17-18H,3-7,11H2,1-2H3/t15-/m1/s1. The van der Waals surface area contributed by atoms with E-state index in [1.807, 2.05) is 32.0 Å². The number of benzene rings is 1. The second-order valence-corrected chi connectivity index (χ2v) is 5.49. The number of aliphatic hydroxyl groups excluding tert-OH is 1. The SMILES string of the molecule is CCC(O)(CC)COc1ccc2c(c1)[C@H](O)CCC2. The zero-order chi connectivity index (χ0) is 13.9. The molecule has 1 atom stereocenters. The first kappa shape index (κ1) is 14.4. The summed E-state index contributed by atoms with van der Waals surface area (Å²) in [6.07, 6.45) is 3.88. The topological polar surface area (TPSA) is 49.7 Å². The highest BCUT2D eigenvalue weighted by Crippen LogP contribution is 2.32. The Morgan fingerprint density at radius 3 is 2.74 bits per heavy atom. The van der Waals surface area contributed by atoms with Gasteiger partial charge in [0.15, 0.2) is 0 Å². The summed E-state index contributed by atoms with van der Waals surface area (Å²) in [5, 5.41) is 20.2. The summed E-state index contributed by atoms with van der Waals surface area (Å²) in [5.41, 5.74) is 1.45. The van der Waals surface area contributed by atoms with Crippen LogP contribution in [0.3, 0.4) is 0 Å². The Balaban J connectivity index is 2.08. The smallest absolute Gasteiger partial charge is 0.119 e. The minimum absolute atomic E-state index is 0.300. The van der Waals surface area contributed by atoms with Crippen LogP contribution in [0.4, 0.5) is 0 Å². The molecule has 0 aliphatic heterocycles. The van der Waals surface area contributed by atoms with Crippen LogP contribution in [0.1, 0.15) is 56.8 Å². The van der Waals surface area contributed by atoms with Crippen molar-refractivity contribution in [2.24, 2.45) is 0 Å². The molecule has 0 bridgehead atoms. The largest absolute Gasteiger partial charge is 0.491 e. The molecule has 1 aliphatic rings. The normalized spacial score (nSPS) is 19.1. The minimum atomic E-state index is -0.755. The number of rotatable bonds is 5. The Kier molecular flexibility index (Phi) is 4.48. The Morgan fingerprint density at radius 1 is 1.32 bits per heavy atom. The monoisotopic (exact) mass is 264 g/mol. The molecule has 0 spiro atoms. The number of ether oxygens (including phenoxy) is 1. The third-order valence-electron chi connectivity index (χ3n) is 4.22. The molecule has 0 amide bonds. The van der Waals surface area contributed by atoms with E-state index in [0.717, 1.165) is 30.6 Å². The van der Waals surface area contributed by atoms with E-state index in [0.29, 0.717) is 19.4 Å². The van der Waals surface area contributed by atoms with Gasteiger partial charge in [0.1, 0.15) is 12.4 Å². The fraction of sp³-hybridized carbons (Fsp3) is 0.625. The Bertz CT molecular complexity index is 424. The summed E-state index contributed by atoms with van der Waals surface area (Å²) >= 11 is 0. The van der Waals surface area contributed by atoms with Crippen LogP contribution in [0.2, 0.25) is 0 Å². The lowest BCUT2D eigenvalue weighted by Gasteiger charge is -2.26. The summed E-state index contributed by atoms with van der Waals surface area (Å²) in [4.78, 5) is 0. The van der Waals surface area contributed by atoms with Gasteiger partial charge in [-0.2, -0.15) is 0 Å². The van der Waals surface area contributed by atoms with E-state index in [1.165, 1.54) is 5.56 Å². The molecule has 0 aromatic heterocycles. The highest BCUT2D eigenvalue weighted by Gasteiger charge is 2.24. The van der Waals surface area contributed by atoms with Crippen molar-refractivity contribution in [1.82, 2.24) is 0 Å². The highest BCUT2D eigenvalue weighted by molar-refractivity contribution is 5.38. The van der Waals surface area contributed by atoms with Gasteiger partial charge in [-0.15, -0.1) is 0 Å². The van der Waals surface area contributed by atoms with Crippen LogP contribution in [0.15, 0.2) is 18.2 Å². The number of aliphatic hydroxyl groups is 2. The molecule has 0 unspecified atom stereocenters. The molecule has 3 heteroatoms. The van der Waals surface area contributed by atoms with Gasteiger partial charge in [-0.25, -0.2) is 0 Å². The fourth-order valence-electron chi connectivity index (χ4n) is 2.51. The van der Waals surface area contributed by atoms with Crippen LogP contribution in [0.25, 0.3) is 0 Å². The minimum Gasteiger partial charge on any atom is -0.491 e. The average molecular weight is 264 g/mol. The Hall–Kier alpha value is -1.06. The van der Waals surface area contributed by atoms with Gasteiger partial charge in [0.2, 0.25) is 0 Å². The van der Waals surface area contributed by atoms with E-state index in [9.17, 15) is 10.2 Å². The van der Waals surface area contributed by atoms with Gasteiger partial charge in [-0.05, 0) is 55.4 Å². The molecule has 1 aromatic rings. The average Bonchev–Trinajstić information content (AvgIpc) is 2.45. The molecule has 0 saturated heterocycles. The van der Waals surface area contributed by atoms with Crippen molar-refractivity contribution in [3.63, 3.8) is 0 Å². The maximum Gasteiger partial charge on any atom is 0.119 e. The molecular formula is C16H24O3. The first-order valence-corrected chi connectivity index (χ1v) is 7.24. The molecule has 2 N–H and O–H groups in total. The number of hydrogen-bond donors (Lipinski definition) is 2. The quantitative estimate of drug-likeness (QED) is 0.859. The number of fused-ring (bicyclic) bond motifs is 1. The summed E-state index contributed by atoms with van der Waals surface area (Å²) in [7, 11) is 0. The van der Waals surface area contributed by atoms with E-state index in [1.54, 1.807) is 0 Å². The maximum atomic E-state index is 10.2. The molecule has 0 fully saturated rings. The molecule has 3 nitrogen and oxygen atoms in total. The van der Waals surface area contributed by atoms with E-state index < -0.39 is 5.60 Å². The molecule has 1 aliphatic carbocycles. The van der Waals surface area contributed by atoms with Crippen LogP contribution in [-0.4, -0.2) is 22.4 Å². The third-order valence-corrected chi connectivity index (χ3v) is 4.22. The summed E-state index contributed by atoms with van der Waals surface area (Å²) < 4.78 is 5.71. The summed E-state index contributed by atoms with van der Waals surface area (Å²) in [6, 6.07) is 5.89. The molecule has 1 aromatic carbocycles. The predicted octanol–water partition coefficient (Wildman–Crippen LogP) is 2.99. The van der Waals surface area contributed by atoms with Gasteiger partial charge in [0.25, 0.3) is 0 Å². The van der Waals surface area contributed by atoms with Crippen LogP contribution in [0.5, 0.6) is 5.75 Å². The molecule has 19 heavy (non-hydrogen) atoms. The van der Waals surface area contributed by atoms with Gasteiger partial charge in [-0.1, -0.05) is 19.9 Å². The Labute approximate surface area is 115 Å². The lowest BCUT2D eigenvalue weighted by molar-refractivity contribution is -0.0114. The second-order valence-electron chi connectivity index (χ2n) is 5.49. The zero-order valence-corrected chi connectivity index (χ0v) is 11.9. The lowest BCUT2D eigenvalue weighted by Crippen LogP contribution is -2.34. The summed E-state index contributed by atoms with van der Waals surface area (Å²) in [6.45, 7) is 4.22. The van der Waals surface area contributed by atoms with Gasteiger partial charge in [0, 0.05) is 0 Å². The van der Waals surface area contributed by atoms with Crippen molar-refractivity contribution in [3.8, 4) is 5.75 Å². The highest BCUT2D eigenvalue weighted by atomic mass is 16.5. The molecule has 0 heterocycles. The molecule has 0 radical (unpaired) electrons. The summed E-state index contributed by atoms with van der Waals surface area (Å²) in [5.74, 6) is 0.736. The van der Waals surface area contributed by atoms with Crippen LogP contribution in [0, 0.1) is 0 Å². The van der Waals surface area contributed by atoms with Gasteiger partial charge in [0.05, 0.1) is 11.7 Å². The van der Waals surface area contributed by atoms with Gasteiger partial charge >= 0.3 is 0 Å². The molecular weight excluding hydrogens is 240 g/mol. The van der Waals surface area contributed by atoms with E-state index in [4.69, 9.17) is 4.74 Å². The first-order chi connectivity index (χ1) is 9.08. The third kappa shape index (κ3) is 3.28. The molecule has 2 rings (SSSR count). The van der Waals surface area contributed by atoms with Crippen molar-refractivity contribution < 1.29 is 14.9 Å². The maximum absolute atomic E-state index is 10.2. The molecule has 106 valence electrons. The van der Waals surface area contributed by atoms with Crippen molar-refractivity contribution in [2.75, 3.05) is 6.61 Å². The lowest BCUT2D eigenvalue weighted by atomic mass is 9.89. The van der Waals surface area contributed by atoms with Crippen molar-refractivity contribution >= 4 is 0 Å². The van der Waals surface area contributed by atoms with Crippen molar-refractivity contribution in [3.05, 3.63) is 29.3 Å². The zero-order valence-electron chi connectivity index (χ0n) is 11.9. The number of aryl methyl sites for hydroxylation is 1. The van der Waals surface area contributed by atoms with Crippen LogP contribution in [-0.2, 0) is 6.42 Å². The van der Waals surface area contributed by atoms with E-state index in [2.05, 4.69) is 0 Å². The second kappa shape index (κ2) is 5.93. The Morgan fingerprint density at radius 2 is 2.05 bits per heavy atom. The van der Waals surface area contributed by atoms with Gasteiger partial charge < -0.3 is 14.9 Å².